The first-order chi connectivity index (χ1) is 16.8. The molecule has 3 rings (SSSR count). The molecule has 2 aromatic heterocycles. The van der Waals surface area contributed by atoms with Crippen LogP contribution in [0.2, 0.25) is 0 Å². The van der Waals surface area contributed by atoms with E-state index in [1.54, 1.807) is 11.3 Å². The van der Waals surface area contributed by atoms with E-state index in [1.807, 2.05) is 19.9 Å². The van der Waals surface area contributed by atoms with Gasteiger partial charge in [0, 0.05) is 48.5 Å². The highest BCUT2D eigenvalue weighted by molar-refractivity contribution is 7.17. The lowest BCUT2D eigenvalue weighted by atomic mass is 10.0. The van der Waals surface area contributed by atoms with Crippen molar-refractivity contribution in [3.05, 3.63) is 55.3 Å². The summed E-state index contributed by atoms with van der Waals surface area (Å²) in [5.74, 6) is -0.111. The number of hydrogen-bond acceptors (Lipinski definition) is 5. The van der Waals surface area contributed by atoms with Crippen LogP contribution in [0.15, 0.2) is 16.9 Å². The number of carbonyl (C=O) groups excluding carboxylic acids is 1. The normalized spacial score (nSPS) is 14.9. The maximum atomic E-state index is 13.7. The van der Waals surface area contributed by atoms with Crippen molar-refractivity contribution in [2.75, 3.05) is 24.7 Å². The minimum Gasteiger partial charge on any atom is -0.381 e. The molecule has 1 aliphatic rings. The number of ether oxygens (including phenoxy) is 1. The molecule has 1 aliphatic heterocycles. The number of H-pyrrole nitrogens is 1. The predicted octanol–water partition coefficient (Wildman–Crippen LogP) is 5.89. The number of hydrogen-bond donors (Lipinski definition) is 2. The fourth-order valence-electron chi connectivity index (χ4n) is 5.02. The Labute approximate surface area is 213 Å². The molecule has 0 saturated carbocycles. The molecule has 3 heterocycles. The number of rotatable bonds is 10. The van der Waals surface area contributed by atoms with Crippen LogP contribution in [0, 0.1) is 20.8 Å². The van der Waals surface area contributed by atoms with Gasteiger partial charge >= 0.3 is 0 Å². The van der Waals surface area contributed by atoms with Crippen molar-refractivity contribution in [2.24, 2.45) is 0 Å². The molecule has 1 amide bonds. The Bertz CT molecular complexity index is 1110. The number of amides is 1. The maximum absolute atomic E-state index is 13.7. The van der Waals surface area contributed by atoms with Crippen LogP contribution >= 0.6 is 11.3 Å². The van der Waals surface area contributed by atoms with Gasteiger partial charge in [-0.1, -0.05) is 26.3 Å². The van der Waals surface area contributed by atoms with Gasteiger partial charge in [0.15, 0.2) is 0 Å². The summed E-state index contributed by atoms with van der Waals surface area (Å²) >= 11 is 1.75. The molecule has 2 N–H and O–H groups in total. The van der Waals surface area contributed by atoms with E-state index in [2.05, 4.69) is 49.0 Å². The number of thiophene rings is 1. The van der Waals surface area contributed by atoms with Gasteiger partial charge in [0.1, 0.15) is 0 Å². The average Bonchev–Trinajstić information content (AvgIpc) is 3.16. The molecular formula is C28H41N3O3S. The van der Waals surface area contributed by atoms with Crippen molar-refractivity contribution in [3.8, 4) is 0 Å². The standard InChI is InChI=1S/C28H41N3O3S/c1-7-10-21(11-8-2)25-24(27(33)29-17-23-18(4)16-19(5)30-26(23)32)20(6)28(35-25)31(9-3)22-12-14-34-15-13-22/h10,16,22H,7-9,11-15,17H2,1-6H3,(H,29,33)(H,30,32)/b21-10+. The molecule has 0 aromatic carbocycles. The van der Waals surface area contributed by atoms with E-state index in [-0.39, 0.29) is 18.0 Å². The van der Waals surface area contributed by atoms with E-state index in [1.165, 1.54) is 10.6 Å². The summed E-state index contributed by atoms with van der Waals surface area (Å²) in [6.07, 6.45) is 7.16. The lowest BCUT2D eigenvalue weighted by molar-refractivity contribution is 0.0847. The molecule has 0 aliphatic carbocycles. The molecule has 6 nitrogen and oxygen atoms in total. The van der Waals surface area contributed by atoms with Gasteiger partial charge in [0.2, 0.25) is 0 Å². The highest BCUT2D eigenvalue weighted by atomic mass is 32.1. The van der Waals surface area contributed by atoms with Gasteiger partial charge in [-0.05, 0) is 76.1 Å². The highest BCUT2D eigenvalue weighted by Crippen LogP contribution is 2.42. The third-order valence-electron chi connectivity index (χ3n) is 6.76. The second-order valence-corrected chi connectivity index (χ2v) is 10.4. The first kappa shape index (κ1) is 27.2. The van der Waals surface area contributed by atoms with Crippen molar-refractivity contribution >= 4 is 27.8 Å². The molecule has 0 bridgehead atoms. The number of pyridine rings is 1. The average molecular weight is 500 g/mol. The summed E-state index contributed by atoms with van der Waals surface area (Å²) in [6.45, 7) is 15.0. The summed E-state index contributed by atoms with van der Waals surface area (Å²) in [5.41, 5.74) is 5.21. The van der Waals surface area contributed by atoms with Crippen LogP contribution in [0.5, 0.6) is 0 Å². The Balaban J connectivity index is 2.01. The van der Waals surface area contributed by atoms with Crippen LogP contribution in [0.25, 0.3) is 5.57 Å². The Morgan fingerprint density at radius 3 is 2.54 bits per heavy atom. The lowest BCUT2D eigenvalue weighted by Gasteiger charge is -2.34. The van der Waals surface area contributed by atoms with Crippen LogP contribution in [-0.2, 0) is 11.3 Å². The maximum Gasteiger partial charge on any atom is 0.253 e. The molecule has 0 unspecified atom stereocenters. The van der Waals surface area contributed by atoms with Gasteiger partial charge in [0.05, 0.1) is 10.6 Å². The van der Waals surface area contributed by atoms with Crippen LogP contribution in [0.4, 0.5) is 5.00 Å². The molecule has 2 aromatic rings. The number of aromatic nitrogens is 1. The first-order valence-corrected chi connectivity index (χ1v) is 13.8. The molecular weight excluding hydrogens is 458 g/mol. The summed E-state index contributed by atoms with van der Waals surface area (Å²) in [4.78, 5) is 32.6. The molecule has 35 heavy (non-hydrogen) atoms. The Morgan fingerprint density at radius 1 is 1.23 bits per heavy atom. The first-order valence-electron chi connectivity index (χ1n) is 13.0. The molecule has 192 valence electrons. The van der Waals surface area contributed by atoms with Crippen LogP contribution in [-0.4, -0.2) is 36.7 Å². The van der Waals surface area contributed by atoms with Gasteiger partial charge < -0.3 is 19.9 Å². The second kappa shape index (κ2) is 12.5. The van der Waals surface area contributed by atoms with Crippen molar-refractivity contribution in [3.63, 3.8) is 0 Å². The number of aromatic amines is 1. The third-order valence-corrected chi connectivity index (χ3v) is 8.17. The van der Waals surface area contributed by atoms with E-state index in [0.717, 1.165) is 79.1 Å². The zero-order valence-electron chi connectivity index (χ0n) is 22.2. The quantitative estimate of drug-likeness (QED) is 0.427. The Morgan fingerprint density at radius 2 is 1.94 bits per heavy atom. The van der Waals surface area contributed by atoms with E-state index in [4.69, 9.17) is 4.74 Å². The zero-order chi connectivity index (χ0) is 25.5. The largest absolute Gasteiger partial charge is 0.381 e. The molecule has 1 fully saturated rings. The molecule has 0 atom stereocenters. The van der Waals surface area contributed by atoms with Gasteiger partial charge in [-0.3, -0.25) is 9.59 Å². The summed E-state index contributed by atoms with van der Waals surface area (Å²) < 4.78 is 5.61. The van der Waals surface area contributed by atoms with Crippen LogP contribution in [0.1, 0.15) is 90.5 Å². The predicted molar refractivity (Wildman–Crippen MR) is 147 cm³/mol. The van der Waals surface area contributed by atoms with Crippen LogP contribution in [0.3, 0.4) is 0 Å². The number of nitrogens with zero attached hydrogens (tertiary/aromatic N) is 1. The van der Waals surface area contributed by atoms with Crippen molar-refractivity contribution in [1.29, 1.82) is 0 Å². The van der Waals surface area contributed by atoms with E-state index < -0.39 is 0 Å². The fourth-order valence-corrected chi connectivity index (χ4v) is 6.53. The summed E-state index contributed by atoms with van der Waals surface area (Å²) in [7, 11) is 0. The Kier molecular flexibility index (Phi) is 9.75. The van der Waals surface area contributed by atoms with Gasteiger partial charge in [-0.25, -0.2) is 0 Å². The summed E-state index contributed by atoms with van der Waals surface area (Å²) in [5, 5.41) is 4.25. The van der Waals surface area contributed by atoms with Crippen molar-refractivity contribution in [1.82, 2.24) is 10.3 Å². The number of aryl methyl sites for hydroxylation is 2. The SMILES string of the molecule is CC/C=C(\CCC)c1sc(N(CC)C2CCOCC2)c(C)c1C(=O)NCc1c(C)cc(C)[nH]c1=O. The van der Waals surface area contributed by atoms with Crippen LogP contribution < -0.4 is 15.8 Å². The van der Waals surface area contributed by atoms with Gasteiger partial charge in [-0.15, -0.1) is 11.3 Å². The number of anilines is 1. The second-order valence-electron chi connectivity index (χ2n) is 9.38. The highest BCUT2D eigenvalue weighted by Gasteiger charge is 2.29. The van der Waals surface area contributed by atoms with E-state index in [0.29, 0.717) is 11.6 Å². The minimum atomic E-state index is -0.139. The number of nitrogens with one attached hydrogen (secondary N) is 2. The molecule has 7 heteroatoms. The fraction of sp³-hybridized carbons (Fsp3) is 0.571. The van der Waals surface area contributed by atoms with Crippen molar-refractivity contribution < 1.29 is 9.53 Å². The monoisotopic (exact) mass is 499 g/mol. The topological polar surface area (TPSA) is 74.4 Å². The van der Waals surface area contributed by atoms with Gasteiger partial charge in [0.25, 0.3) is 11.5 Å². The zero-order valence-corrected chi connectivity index (χ0v) is 23.0. The lowest BCUT2D eigenvalue weighted by Crippen LogP contribution is -2.39. The van der Waals surface area contributed by atoms with E-state index >= 15 is 0 Å². The molecule has 0 radical (unpaired) electrons. The Hall–Kier alpha value is -2.38. The van der Waals surface area contributed by atoms with E-state index in [9.17, 15) is 9.59 Å². The summed E-state index contributed by atoms with van der Waals surface area (Å²) in [6, 6.07) is 2.37. The number of allylic oxidation sites excluding steroid dienone is 2. The third kappa shape index (κ3) is 6.25. The minimum absolute atomic E-state index is 0.111. The molecule has 1 saturated heterocycles. The molecule has 0 spiro atoms. The van der Waals surface area contributed by atoms with Crippen molar-refractivity contribution in [2.45, 2.75) is 86.2 Å². The number of carbonyl (C=O) groups is 1. The van der Waals surface area contributed by atoms with Gasteiger partial charge in [-0.2, -0.15) is 0 Å². The smallest absolute Gasteiger partial charge is 0.253 e.